The predicted molar refractivity (Wildman–Crippen MR) is 99.6 cm³/mol. The number of nitro benzene ring substituents is 2. The smallest absolute Gasteiger partial charge is 0.278 e. The van der Waals surface area contributed by atoms with Crippen molar-refractivity contribution in [3.63, 3.8) is 0 Å². The Balaban J connectivity index is 2.71. The van der Waals surface area contributed by atoms with Gasteiger partial charge in [-0.2, -0.15) is 0 Å². The summed E-state index contributed by atoms with van der Waals surface area (Å²) in [6, 6.07) is 7.80. The third-order valence-electron chi connectivity index (χ3n) is 3.86. The zero-order chi connectivity index (χ0) is 21.0. The van der Waals surface area contributed by atoms with Crippen LogP contribution < -0.4 is 0 Å². The van der Waals surface area contributed by atoms with Gasteiger partial charge in [0.1, 0.15) is 11.6 Å². The number of hydrogen-bond donors (Lipinski definition) is 0. The molecule has 0 bridgehead atoms. The number of carbonyl (C=O) groups excluding carboxylic acids is 2. The average Bonchev–Trinajstić information content (AvgIpc) is 2.60. The van der Waals surface area contributed by atoms with Gasteiger partial charge in [0.2, 0.25) is 0 Å². The molecule has 10 heteroatoms. The minimum Gasteiger partial charge on any atom is -0.606 e. The second-order valence-corrected chi connectivity index (χ2v) is 7.47. The molecule has 0 saturated heterocycles. The summed E-state index contributed by atoms with van der Waals surface area (Å²) in [7, 11) is 0. The molecule has 0 fully saturated rings. The van der Waals surface area contributed by atoms with Crippen molar-refractivity contribution in [3.05, 3.63) is 67.8 Å². The number of ketones is 2. The van der Waals surface area contributed by atoms with E-state index in [0.29, 0.717) is 0 Å². The quantitative estimate of drug-likeness (QED) is 0.374. The number of nitro groups is 2. The van der Waals surface area contributed by atoms with E-state index in [0.717, 1.165) is 0 Å². The molecule has 2 aromatic carbocycles. The molecule has 2 rings (SSSR count). The molecule has 0 aromatic heterocycles. The third kappa shape index (κ3) is 4.59. The van der Waals surface area contributed by atoms with Crippen LogP contribution in [0.5, 0.6) is 0 Å². The summed E-state index contributed by atoms with van der Waals surface area (Å²) in [6.45, 7) is 2.50. The highest BCUT2D eigenvalue weighted by Crippen LogP contribution is 2.35. The predicted octanol–water partition coefficient (Wildman–Crippen LogP) is 2.93. The Hall–Kier alpha value is -3.11. The van der Waals surface area contributed by atoms with E-state index >= 15 is 0 Å². The van der Waals surface area contributed by atoms with Gasteiger partial charge in [0.05, 0.1) is 21.0 Å². The van der Waals surface area contributed by atoms with Crippen LogP contribution in [-0.2, 0) is 33.6 Å². The van der Waals surface area contributed by atoms with Crippen LogP contribution in [0.3, 0.4) is 0 Å². The normalized spacial score (nSPS) is 10.7. The van der Waals surface area contributed by atoms with Gasteiger partial charge < -0.3 is 4.55 Å². The van der Waals surface area contributed by atoms with E-state index in [1.165, 1.54) is 50.2 Å². The SMILES string of the molecule is CC(=O)Cc1c([N+](=O)[O-])cccc1[S+]([O-])c1cccc([N+](=O)[O-])c1CC(C)=O. The van der Waals surface area contributed by atoms with E-state index in [4.69, 9.17) is 0 Å². The second kappa shape index (κ2) is 8.72. The van der Waals surface area contributed by atoms with Crippen LogP contribution in [0.4, 0.5) is 11.4 Å². The van der Waals surface area contributed by atoms with Gasteiger partial charge in [-0.05, 0) is 26.0 Å². The standard InChI is InChI=1S/C18H16N2O7S/c1-11(21)9-13-15(19(23)24)5-3-7-17(13)28(27)18-8-4-6-16(20(25)26)14(18)10-12(2)22/h3-8H,9-10H2,1-2H3. The van der Waals surface area contributed by atoms with E-state index in [1.807, 2.05) is 0 Å². The van der Waals surface area contributed by atoms with Crippen LogP contribution in [0, 0.1) is 20.2 Å². The molecule has 0 N–H and O–H groups in total. The maximum atomic E-state index is 13.2. The highest BCUT2D eigenvalue weighted by atomic mass is 32.2. The fourth-order valence-corrected chi connectivity index (χ4v) is 4.21. The van der Waals surface area contributed by atoms with E-state index in [1.54, 1.807) is 0 Å². The van der Waals surface area contributed by atoms with E-state index in [2.05, 4.69) is 0 Å². The highest BCUT2D eigenvalue weighted by molar-refractivity contribution is 7.91. The van der Waals surface area contributed by atoms with Gasteiger partial charge >= 0.3 is 0 Å². The molecule has 0 unspecified atom stereocenters. The number of hydrogen-bond acceptors (Lipinski definition) is 7. The molecular weight excluding hydrogens is 388 g/mol. The molecule has 0 aliphatic carbocycles. The maximum absolute atomic E-state index is 13.2. The lowest BCUT2D eigenvalue weighted by molar-refractivity contribution is -0.385. The molecule has 0 aliphatic rings. The summed E-state index contributed by atoms with van der Waals surface area (Å²) >= 11 is -2.07. The van der Waals surface area contributed by atoms with Crippen molar-refractivity contribution in [2.45, 2.75) is 36.5 Å². The number of nitrogens with zero attached hydrogens (tertiary/aromatic N) is 2. The molecule has 0 radical (unpaired) electrons. The summed E-state index contributed by atoms with van der Waals surface area (Å²) in [5.41, 5.74) is -0.753. The van der Waals surface area contributed by atoms with Gasteiger partial charge in [0, 0.05) is 36.2 Å². The Morgan fingerprint density at radius 2 is 1.18 bits per heavy atom. The third-order valence-corrected chi connectivity index (χ3v) is 5.42. The van der Waals surface area contributed by atoms with Gasteiger partial charge in [0.25, 0.3) is 11.4 Å². The van der Waals surface area contributed by atoms with E-state index in [-0.39, 0.29) is 56.7 Å². The van der Waals surface area contributed by atoms with Crippen LogP contribution in [0.25, 0.3) is 0 Å². The van der Waals surface area contributed by atoms with Crippen molar-refractivity contribution >= 4 is 34.1 Å². The van der Waals surface area contributed by atoms with Gasteiger partial charge in [-0.15, -0.1) is 0 Å². The fourth-order valence-electron chi connectivity index (χ4n) is 2.77. The minimum atomic E-state index is -2.07. The highest BCUT2D eigenvalue weighted by Gasteiger charge is 2.32. The van der Waals surface area contributed by atoms with Crippen molar-refractivity contribution in [3.8, 4) is 0 Å². The molecule has 2 aromatic rings. The van der Waals surface area contributed by atoms with Gasteiger partial charge in [0.15, 0.2) is 9.79 Å². The Morgan fingerprint density at radius 1 is 0.821 bits per heavy atom. The van der Waals surface area contributed by atoms with E-state index < -0.39 is 21.0 Å². The van der Waals surface area contributed by atoms with Crippen LogP contribution in [-0.4, -0.2) is 26.0 Å². The maximum Gasteiger partial charge on any atom is 0.278 e. The van der Waals surface area contributed by atoms with Crippen molar-refractivity contribution in [2.24, 2.45) is 0 Å². The molecule has 0 saturated carbocycles. The minimum absolute atomic E-state index is 0.00898. The first kappa shape index (κ1) is 21.2. The number of benzene rings is 2. The fraction of sp³-hybridized carbons (Fsp3) is 0.222. The molecule has 0 spiro atoms. The molecule has 0 heterocycles. The zero-order valence-electron chi connectivity index (χ0n) is 15.0. The molecule has 146 valence electrons. The monoisotopic (exact) mass is 404 g/mol. The molecule has 28 heavy (non-hydrogen) atoms. The summed E-state index contributed by atoms with van der Waals surface area (Å²) in [5.74, 6) is -0.730. The lowest BCUT2D eigenvalue weighted by atomic mass is 10.1. The Bertz CT molecular complexity index is 897. The van der Waals surface area contributed by atoms with E-state index in [9.17, 15) is 34.4 Å². The molecule has 0 atom stereocenters. The number of carbonyl (C=O) groups is 2. The van der Waals surface area contributed by atoms with Crippen LogP contribution in [0.2, 0.25) is 0 Å². The lowest BCUT2D eigenvalue weighted by Gasteiger charge is -2.16. The Kier molecular flexibility index (Phi) is 6.60. The first-order valence-corrected chi connectivity index (χ1v) is 9.21. The first-order chi connectivity index (χ1) is 13.1. The zero-order valence-corrected chi connectivity index (χ0v) is 15.9. The topological polar surface area (TPSA) is 143 Å². The van der Waals surface area contributed by atoms with Crippen LogP contribution in [0.1, 0.15) is 25.0 Å². The average molecular weight is 404 g/mol. The molecule has 9 nitrogen and oxygen atoms in total. The van der Waals surface area contributed by atoms with Crippen LogP contribution >= 0.6 is 0 Å². The second-order valence-electron chi connectivity index (χ2n) is 6.05. The first-order valence-electron chi connectivity index (χ1n) is 8.06. The number of rotatable bonds is 8. The summed E-state index contributed by atoms with van der Waals surface area (Å²) in [5, 5.41) is 22.7. The lowest BCUT2D eigenvalue weighted by Crippen LogP contribution is -2.14. The molecular formula is C18H16N2O7S. The summed E-state index contributed by atoms with van der Waals surface area (Å²) in [4.78, 5) is 44.5. The number of Topliss-reactive ketones (excluding diaryl/α,β-unsaturated/α-hetero) is 2. The summed E-state index contributed by atoms with van der Waals surface area (Å²) < 4.78 is 13.2. The van der Waals surface area contributed by atoms with Crippen LogP contribution in [0.15, 0.2) is 46.2 Å². The Morgan fingerprint density at radius 3 is 1.46 bits per heavy atom. The molecule has 0 aliphatic heterocycles. The van der Waals surface area contributed by atoms with Crippen molar-refractivity contribution in [2.75, 3.05) is 0 Å². The Labute approximate surface area is 162 Å². The van der Waals surface area contributed by atoms with Gasteiger partial charge in [-0.25, -0.2) is 0 Å². The summed E-state index contributed by atoms with van der Waals surface area (Å²) in [6.07, 6.45) is -0.621. The van der Waals surface area contributed by atoms with Gasteiger partial charge in [-0.3, -0.25) is 29.8 Å². The largest absolute Gasteiger partial charge is 0.606 e. The van der Waals surface area contributed by atoms with Crippen molar-refractivity contribution in [1.82, 2.24) is 0 Å². The van der Waals surface area contributed by atoms with Gasteiger partial charge in [-0.1, -0.05) is 12.1 Å². The van der Waals surface area contributed by atoms with Crippen molar-refractivity contribution in [1.29, 1.82) is 0 Å². The van der Waals surface area contributed by atoms with Crippen molar-refractivity contribution < 1.29 is 24.0 Å². The molecule has 0 amide bonds.